The highest BCUT2D eigenvalue weighted by Gasteiger charge is 2.64. The van der Waals surface area contributed by atoms with Gasteiger partial charge in [0.2, 0.25) is 0 Å². The molecule has 0 N–H and O–H groups in total. The number of carbonyl (C=O) groups is 2. The van der Waals surface area contributed by atoms with Gasteiger partial charge in [-0.3, -0.25) is 4.79 Å². The summed E-state index contributed by atoms with van der Waals surface area (Å²) in [7, 11) is 1.36. The van der Waals surface area contributed by atoms with E-state index >= 15 is 0 Å². The van der Waals surface area contributed by atoms with Crippen LogP contribution in [0.25, 0.3) is 0 Å². The summed E-state index contributed by atoms with van der Waals surface area (Å²) in [5.74, 6) is 2.45. The summed E-state index contributed by atoms with van der Waals surface area (Å²) in [5.41, 5.74) is -1.64. The Balaban J connectivity index is 2.16. The molecule has 2 aliphatic heterocycles. The monoisotopic (exact) mass is 279 g/mol. The van der Waals surface area contributed by atoms with Crippen molar-refractivity contribution in [1.29, 1.82) is 0 Å². The normalized spacial score (nSPS) is 31.9. The van der Waals surface area contributed by atoms with Crippen molar-refractivity contribution in [2.45, 2.75) is 39.2 Å². The predicted octanol–water partition coefficient (Wildman–Crippen LogP) is 1.81. The molecule has 0 aromatic rings. The van der Waals surface area contributed by atoms with Gasteiger partial charge in [-0.2, -0.15) is 0 Å². The van der Waals surface area contributed by atoms with Crippen LogP contribution < -0.4 is 0 Å². The van der Waals surface area contributed by atoms with E-state index < -0.39 is 22.5 Å². The molecule has 0 aromatic carbocycles. The second-order valence-electron chi connectivity index (χ2n) is 6.89. The van der Waals surface area contributed by atoms with Crippen molar-refractivity contribution < 1.29 is 19.1 Å². The lowest BCUT2D eigenvalue weighted by atomic mass is 9.50. The third-order valence-electron chi connectivity index (χ3n) is 3.92. The van der Waals surface area contributed by atoms with Gasteiger partial charge in [0.1, 0.15) is 5.60 Å². The van der Waals surface area contributed by atoms with Crippen LogP contribution >= 0.6 is 0 Å². The largest absolute Gasteiger partial charge is 0.469 e. The summed E-state index contributed by atoms with van der Waals surface area (Å²) < 4.78 is 10.2. The molecule has 1 aliphatic carbocycles. The van der Waals surface area contributed by atoms with E-state index in [1.165, 1.54) is 12.0 Å². The molecule has 1 saturated carbocycles. The SMILES string of the molecule is C#CC12CN(C(=O)OC(C)(C)C)CC(C(=O)OC)(C1)C2. The fourth-order valence-corrected chi connectivity index (χ4v) is 3.28. The lowest BCUT2D eigenvalue weighted by Gasteiger charge is -2.59. The highest BCUT2D eigenvalue weighted by Crippen LogP contribution is 2.59. The van der Waals surface area contributed by atoms with E-state index in [9.17, 15) is 9.59 Å². The Bertz CT molecular complexity index is 477. The molecular formula is C15H21NO4. The Labute approximate surface area is 119 Å². The Hall–Kier alpha value is -1.70. The van der Waals surface area contributed by atoms with Gasteiger partial charge in [-0.15, -0.1) is 6.42 Å². The van der Waals surface area contributed by atoms with Gasteiger partial charge in [0, 0.05) is 13.1 Å². The molecule has 5 nitrogen and oxygen atoms in total. The van der Waals surface area contributed by atoms with Crippen molar-refractivity contribution >= 4 is 12.1 Å². The molecule has 3 aliphatic rings. The van der Waals surface area contributed by atoms with Crippen LogP contribution in [-0.4, -0.2) is 42.8 Å². The average Bonchev–Trinajstić information content (AvgIpc) is 2.34. The van der Waals surface area contributed by atoms with E-state index in [4.69, 9.17) is 15.9 Å². The highest BCUT2D eigenvalue weighted by molar-refractivity contribution is 5.81. The standard InChI is InChI=1S/C15H21NO4/c1-6-14-7-15(8-14,11(17)19-5)10-16(9-14)12(18)20-13(2,3)4/h1H,7-10H2,2-5H3. The van der Waals surface area contributed by atoms with E-state index in [0.29, 0.717) is 25.9 Å². The van der Waals surface area contributed by atoms with Crippen LogP contribution in [0.1, 0.15) is 33.6 Å². The number of ether oxygens (including phenoxy) is 2. The van der Waals surface area contributed by atoms with Crippen molar-refractivity contribution in [2.24, 2.45) is 10.8 Å². The van der Waals surface area contributed by atoms with Crippen LogP contribution in [0.15, 0.2) is 0 Å². The Kier molecular flexibility index (Phi) is 3.24. The van der Waals surface area contributed by atoms with Gasteiger partial charge < -0.3 is 14.4 Å². The van der Waals surface area contributed by atoms with Crippen molar-refractivity contribution in [3.05, 3.63) is 0 Å². The second-order valence-corrected chi connectivity index (χ2v) is 6.89. The topological polar surface area (TPSA) is 55.8 Å². The molecule has 3 fully saturated rings. The Morgan fingerprint density at radius 2 is 1.85 bits per heavy atom. The van der Waals surface area contributed by atoms with Crippen LogP contribution in [0.3, 0.4) is 0 Å². The minimum absolute atomic E-state index is 0.295. The van der Waals surface area contributed by atoms with Crippen molar-refractivity contribution in [3.63, 3.8) is 0 Å². The van der Waals surface area contributed by atoms with Gasteiger partial charge in [0.05, 0.1) is 17.9 Å². The van der Waals surface area contributed by atoms with E-state index in [1.807, 2.05) is 20.8 Å². The molecule has 2 heterocycles. The van der Waals surface area contributed by atoms with E-state index in [2.05, 4.69) is 5.92 Å². The van der Waals surface area contributed by atoms with Gasteiger partial charge in [-0.1, -0.05) is 5.92 Å². The van der Waals surface area contributed by atoms with Crippen LogP contribution in [0.4, 0.5) is 4.79 Å². The number of piperidine rings is 2. The first kappa shape index (κ1) is 14.7. The van der Waals surface area contributed by atoms with Crippen molar-refractivity contribution in [2.75, 3.05) is 20.2 Å². The van der Waals surface area contributed by atoms with E-state index in [-0.39, 0.29) is 5.97 Å². The van der Waals surface area contributed by atoms with Crippen LogP contribution in [0.5, 0.6) is 0 Å². The fraction of sp³-hybridized carbons (Fsp3) is 0.733. The first-order valence-corrected chi connectivity index (χ1v) is 6.69. The maximum absolute atomic E-state index is 12.2. The first-order valence-electron chi connectivity index (χ1n) is 6.69. The van der Waals surface area contributed by atoms with Crippen LogP contribution in [0.2, 0.25) is 0 Å². The molecule has 0 spiro atoms. The molecule has 110 valence electrons. The number of carbonyl (C=O) groups excluding carboxylic acids is 2. The molecule has 0 atom stereocenters. The molecule has 0 radical (unpaired) electrons. The van der Waals surface area contributed by atoms with Crippen molar-refractivity contribution in [1.82, 2.24) is 4.90 Å². The van der Waals surface area contributed by atoms with Crippen LogP contribution in [0, 0.1) is 23.2 Å². The molecule has 2 bridgehead atoms. The van der Waals surface area contributed by atoms with Crippen molar-refractivity contribution in [3.8, 4) is 12.3 Å². The van der Waals surface area contributed by atoms with E-state index in [1.54, 1.807) is 0 Å². The zero-order chi connectivity index (χ0) is 15.2. The number of nitrogens with zero attached hydrogens (tertiary/aromatic N) is 1. The van der Waals surface area contributed by atoms with Gasteiger partial charge >= 0.3 is 12.1 Å². The third-order valence-corrected chi connectivity index (χ3v) is 3.92. The van der Waals surface area contributed by atoms with E-state index in [0.717, 1.165) is 0 Å². The molecule has 1 amide bonds. The minimum atomic E-state index is -0.656. The number of esters is 1. The maximum atomic E-state index is 12.2. The van der Waals surface area contributed by atoms with Crippen LogP contribution in [-0.2, 0) is 14.3 Å². The lowest BCUT2D eigenvalue weighted by molar-refractivity contribution is -0.178. The molecule has 0 unspecified atom stereocenters. The quantitative estimate of drug-likeness (QED) is 0.542. The summed E-state index contributed by atoms with van der Waals surface area (Å²) in [6, 6.07) is 0. The highest BCUT2D eigenvalue weighted by atomic mass is 16.6. The Morgan fingerprint density at radius 3 is 2.30 bits per heavy atom. The number of hydrogen-bond donors (Lipinski definition) is 0. The number of hydrogen-bond acceptors (Lipinski definition) is 4. The summed E-state index contributed by atoms with van der Waals surface area (Å²) in [4.78, 5) is 25.7. The zero-order valence-corrected chi connectivity index (χ0v) is 12.5. The number of methoxy groups -OCH3 is 1. The minimum Gasteiger partial charge on any atom is -0.469 e. The summed E-state index contributed by atoms with van der Waals surface area (Å²) >= 11 is 0. The van der Waals surface area contributed by atoms with Gasteiger partial charge in [-0.05, 0) is 33.6 Å². The molecule has 0 aromatic heterocycles. The summed E-state index contributed by atoms with van der Waals surface area (Å²) in [5, 5.41) is 0. The summed E-state index contributed by atoms with van der Waals surface area (Å²) in [6.45, 7) is 6.18. The summed E-state index contributed by atoms with van der Waals surface area (Å²) in [6.07, 6.45) is 6.33. The van der Waals surface area contributed by atoms with Gasteiger partial charge in [0.15, 0.2) is 0 Å². The molecule has 2 saturated heterocycles. The smallest absolute Gasteiger partial charge is 0.410 e. The number of amides is 1. The zero-order valence-electron chi connectivity index (χ0n) is 12.5. The fourth-order valence-electron chi connectivity index (χ4n) is 3.28. The molecular weight excluding hydrogens is 258 g/mol. The third kappa shape index (κ3) is 2.35. The lowest BCUT2D eigenvalue weighted by Crippen LogP contribution is -2.67. The number of fused-ring (bicyclic) bond motifs is 2. The first-order chi connectivity index (χ1) is 9.15. The average molecular weight is 279 g/mol. The van der Waals surface area contributed by atoms with Gasteiger partial charge in [0.25, 0.3) is 0 Å². The van der Waals surface area contributed by atoms with Gasteiger partial charge in [-0.25, -0.2) is 4.79 Å². The predicted molar refractivity (Wildman–Crippen MR) is 72.8 cm³/mol. The Morgan fingerprint density at radius 1 is 1.25 bits per heavy atom. The maximum Gasteiger partial charge on any atom is 0.410 e. The molecule has 5 heteroatoms. The molecule has 3 rings (SSSR count). The number of rotatable bonds is 1. The number of terminal acetylenes is 1. The molecule has 20 heavy (non-hydrogen) atoms. The second kappa shape index (κ2) is 4.41.